The van der Waals surface area contributed by atoms with Gasteiger partial charge in [-0.3, -0.25) is 0 Å². The topological polar surface area (TPSA) is 0 Å². The van der Waals surface area contributed by atoms with Gasteiger partial charge in [0.1, 0.15) is 0 Å². The Kier molecular flexibility index (Phi) is 5.40. The van der Waals surface area contributed by atoms with E-state index in [1.54, 1.807) is 0 Å². The predicted molar refractivity (Wildman–Crippen MR) is 168 cm³/mol. The van der Waals surface area contributed by atoms with Crippen LogP contribution in [0, 0.1) is 111 Å². The van der Waals surface area contributed by atoms with Gasteiger partial charge in [-0.2, -0.15) is 0 Å². The standard InChI is InChI=1S/C42H47/c1-2-37(4-7-40-19-28-10-29(20-40)12-30(11-28)21-40)39(6-9-42-25-34-16-35(26-42)18-36(17-34)27-42)38(3-1)5-8-41-22-31-13-32(23-41)15-33(14-31)24-41/h1-2,28-36H,10-27H2. The molecule has 13 rings (SSSR count). The number of rotatable bonds is 0. The highest BCUT2D eigenvalue weighted by Crippen LogP contribution is 2.62. The summed E-state index contributed by atoms with van der Waals surface area (Å²) < 4.78 is 0. The Labute approximate surface area is 255 Å². The van der Waals surface area contributed by atoms with Crippen molar-refractivity contribution in [1.29, 1.82) is 0 Å². The Morgan fingerprint density at radius 1 is 0.452 bits per heavy atom. The molecule has 0 spiro atoms. The number of hydrogen-bond donors (Lipinski definition) is 0. The van der Waals surface area contributed by atoms with Crippen LogP contribution in [0.3, 0.4) is 0 Å². The average Bonchev–Trinajstić information content (AvgIpc) is 2.92. The van der Waals surface area contributed by atoms with Gasteiger partial charge in [-0.05, 0) is 181 Å². The molecule has 1 radical (unpaired) electrons. The smallest absolute Gasteiger partial charge is 0.0564 e. The van der Waals surface area contributed by atoms with Crippen molar-refractivity contribution in [2.24, 2.45) is 69.5 Å². The molecule has 1 aromatic rings. The fraction of sp³-hybridized carbons (Fsp3) is 0.714. The zero-order valence-corrected chi connectivity index (χ0v) is 25.6. The van der Waals surface area contributed by atoms with E-state index in [-0.39, 0.29) is 16.2 Å². The lowest BCUT2D eigenvalue weighted by atomic mass is 9.50. The van der Waals surface area contributed by atoms with Crippen LogP contribution in [-0.4, -0.2) is 0 Å². The minimum Gasteiger partial charge on any atom is -0.0910 e. The van der Waals surface area contributed by atoms with Crippen molar-refractivity contribution < 1.29 is 0 Å². The molecule has 0 unspecified atom stereocenters. The van der Waals surface area contributed by atoms with E-state index in [2.05, 4.69) is 53.7 Å². The van der Waals surface area contributed by atoms with Crippen molar-refractivity contribution in [1.82, 2.24) is 0 Å². The SMILES string of the molecule is C(#CC12CC3CC(CC(C3)C1)C2)c1[c]ccc(C#CC23CC4CC(CC(C4)C2)C3)c1C#CC12CC3CC(CC(C3)C1)C2. The van der Waals surface area contributed by atoms with Crippen LogP contribution >= 0.6 is 0 Å². The van der Waals surface area contributed by atoms with Crippen LogP contribution in [-0.2, 0) is 0 Å². The Morgan fingerprint density at radius 2 is 0.786 bits per heavy atom. The maximum absolute atomic E-state index is 4.01. The Bertz CT molecular complexity index is 1310. The molecule has 215 valence electrons. The van der Waals surface area contributed by atoms with E-state index in [0.717, 1.165) is 70.0 Å². The highest BCUT2D eigenvalue weighted by molar-refractivity contribution is 5.60. The van der Waals surface area contributed by atoms with E-state index < -0.39 is 0 Å². The molecular formula is C42H47. The molecule has 42 heavy (non-hydrogen) atoms. The molecule has 0 heterocycles. The molecule has 12 fully saturated rings. The van der Waals surface area contributed by atoms with Gasteiger partial charge in [-0.15, -0.1) is 0 Å². The summed E-state index contributed by atoms with van der Waals surface area (Å²) in [5.41, 5.74) is 4.11. The minimum absolute atomic E-state index is 0.250. The second-order valence-electron chi connectivity index (χ2n) is 18.0. The molecule has 12 saturated carbocycles. The molecule has 0 atom stereocenters. The first-order valence-corrected chi connectivity index (χ1v) is 18.1. The van der Waals surface area contributed by atoms with Gasteiger partial charge in [0.25, 0.3) is 0 Å². The molecule has 0 heteroatoms. The van der Waals surface area contributed by atoms with E-state index in [0.29, 0.717) is 0 Å². The van der Waals surface area contributed by atoms with E-state index in [1.807, 2.05) is 0 Å². The summed E-state index contributed by atoms with van der Waals surface area (Å²) in [7, 11) is 0. The summed E-state index contributed by atoms with van der Waals surface area (Å²) >= 11 is 0. The van der Waals surface area contributed by atoms with Crippen molar-refractivity contribution in [3.63, 3.8) is 0 Å². The Hall–Kier alpha value is -2.10. The van der Waals surface area contributed by atoms with Crippen LogP contribution in [0.2, 0.25) is 0 Å². The predicted octanol–water partition coefficient (Wildman–Crippen LogP) is 9.19. The summed E-state index contributed by atoms with van der Waals surface area (Å²) in [4.78, 5) is 0. The van der Waals surface area contributed by atoms with E-state index in [9.17, 15) is 0 Å². The summed E-state index contributed by atoms with van der Waals surface area (Å²) in [6, 6.07) is 7.96. The zero-order chi connectivity index (χ0) is 27.5. The summed E-state index contributed by atoms with van der Waals surface area (Å²) in [6.45, 7) is 0. The monoisotopic (exact) mass is 551 g/mol. The first-order chi connectivity index (χ1) is 20.5. The quantitative estimate of drug-likeness (QED) is 0.282. The maximum Gasteiger partial charge on any atom is 0.0564 e. The van der Waals surface area contributed by atoms with Crippen molar-refractivity contribution >= 4 is 0 Å². The number of hydrogen-bond acceptors (Lipinski definition) is 0. The van der Waals surface area contributed by atoms with E-state index in [1.165, 1.54) is 116 Å². The van der Waals surface area contributed by atoms with E-state index >= 15 is 0 Å². The third-order valence-electron chi connectivity index (χ3n) is 14.5. The third kappa shape index (κ3) is 4.20. The highest BCUT2D eigenvalue weighted by Gasteiger charge is 2.52. The molecular weight excluding hydrogens is 504 g/mol. The molecule has 0 N–H and O–H groups in total. The van der Waals surface area contributed by atoms with E-state index in [4.69, 9.17) is 0 Å². The normalized spacial score (nSPS) is 49.6. The molecule has 0 amide bonds. The first kappa shape index (κ1) is 25.2. The second-order valence-corrected chi connectivity index (χ2v) is 18.0. The highest BCUT2D eigenvalue weighted by atomic mass is 14.6. The maximum atomic E-state index is 4.01. The van der Waals surface area contributed by atoms with Gasteiger partial charge in [0.05, 0.1) is 5.56 Å². The molecule has 1 aromatic carbocycles. The van der Waals surface area contributed by atoms with Crippen LogP contribution in [0.4, 0.5) is 0 Å². The molecule has 12 aliphatic rings. The largest absolute Gasteiger partial charge is 0.0910 e. The van der Waals surface area contributed by atoms with Gasteiger partial charge in [0, 0.05) is 27.4 Å². The average molecular weight is 552 g/mol. The van der Waals surface area contributed by atoms with Gasteiger partial charge in [0.2, 0.25) is 0 Å². The van der Waals surface area contributed by atoms with Gasteiger partial charge >= 0.3 is 0 Å². The molecule has 0 aliphatic heterocycles. The van der Waals surface area contributed by atoms with Crippen molar-refractivity contribution in [3.05, 3.63) is 34.9 Å². The minimum atomic E-state index is 0.250. The van der Waals surface area contributed by atoms with Crippen molar-refractivity contribution in [2.75, 3.05) is 0 Å². The lowest BCUT2D eigenvalue weighted by molar-refractivity contribution is -0.0183. The van der Waals surface area contributed by atoms with Crippen LogP contribution in [0.1, 0.15) is 132 Å². The summed E-state index contributed by atoms with van der Waals surface area (Å²) in [5, 5.41) is 0. The van der Waals surface area contributed by atoms with Crippen molar-refractivity contribution in [2.45, 2.75) is 116 Å². The van der Waals surface area contributed by atoms with Gasteiger partial charge in [-0.25, -0.2) is 0 Å². The molecule has 12 bridgehead atoms. The first-order valence-electron chi connectivity index (χ1n) is 18.1. The molecule has 0 saturated heterocycles. The van der Waals surface area contributed by atoms with Crippen LogP contribution < -0.4 is 0 Å². The zero-order valence-electron chi connectivity index (χ0n) is 25.6. The van der Waals surface area contributed by atoms with Crippen LogP contribution in [0.15, 0.2) is 12.1 Å². The second kappa shape index (κ2) is 8.98. The lowest BCUT2D eigenvalue weighted by Crippen LogP contribution is -2.45. The fourth-order valence-electron chi connectivity index (χ4n) is 14.2. The van der Waals surface area contributed by atoms with Crippen molar-refractivity contribution in [3.8, 4) is 35.5 Å². The Balaban J connectivity index is 1.04. The molecule has 12 aliphatic carbocycles. The number of benzene rings is 1. The Morgan fingerprint density at radius 3 is 1.17 bits per heavy atom. The van der Waals surface area contributed by atoms with Gasteiger partial charge < -0.3 is 0 Å². The van der Waals surface area contributed by atoms with Crippen LogP contribution in [0.5, 0.6) is 0 Å². The lowest BCUT2D eigenvalue weighted by Gasteiger charge is -2.54. The fourth-order valence-corrected chi connectivity index (χ4v) is 14.2. The summed E-state index contributed by atoms with van der Waals surface area (Å²) in [5.74, 6) is 31.8. The molecule has 0 aromatic heterocycles. The summed E-state index contributed by atoms with van der Waals surface area (Å²) in [6.07, 6.45) is 25.4. The van der Waals surface area contributed by atoms with Crippen LogP contribution in [0.25, 0.3) is 0 Å². The molecule has 0 nitrogen and oxygen atoms in total. The van der Waals surface area contributed by atoms with Gasteiger partial charge in [0.15, 0.2) is 0 Å². The third-order valence-corrected chi connectivity index (χ3v) is 14.5. The van der Waals surface area contributed by atoms with Gasteiger partial charge in [-0.1, -0.05) is 41.6 Å².